The Hall–Kier alpha value is -0.120. The Morgan fingerprint density at radius 1 is 1.11 bits per heavy atom. The molecule has 0 heterocycles. The molecule has 1 atom stereocenters. The lowest BCUT2D eigenvalue weighted by Crippen LogP contribution is -2.38. The maximum absolute atomic E-state index is 5.60. The maximum Gasteiger partial charge on any atom is 0.0700 e. The van der Waals surface area contributed by atoms with Crippen LogP contribution in [0, 0.1) is 11.8 Å². The average molecular weight is 257 g/mol. The molecule has 3 heteroatoms. The summed E-state index contributed by atoms with van der Waals surface area (Å²) in [4.78, 5) is 0. The molecule has 18 heavy (non-hydrogen) atoms. The molecule has 1 aliphatic rings. The summed E-state index contributed by atoms with van der Waals surface area (Å²) in [6.45, 7) is 7.92. The molecule has 1 unspecified atom stereocenters. The fraction of sp³-hybridized carbons (Fsp3) is 1.00. The number of hydrogen-bond donors (Lipinski definition) is 1. The first-order chi connectivity index (χ1) is 8.77. The van der Waals surface area contributed by atoms with E-state index in [2.05, 4.69) is 19.2 Å². The minimum atomic E-state index is 0.644. The van der Waals surface area contributed by atoms with Crippen LogP contribution in [0.25, 0.3) is 0 Å². The van der Waals surface area contributed by atoms with Gasteiger partial charge in [-0.05, 0) is 37.6 Å². The van der Waals surface area contributed by atoms with Crippen molar-refractivity contribution >= 4 is 0 Å². The van der Waals surface area contributed by atoms with Crippen LogP contribution in [-0.2, 0) is 9.47 Å². The fourth-order valence-corrected chi connectivity index (χ4v) is 2.91. The van der Waals surface area contributed by atoms with Gasteiger partial charge in [0.25, 0.3) is 0 Å². The van der Waals surface area contributed by atoms with Crippen LogP contribution >= 0.6 is 0 Å². The predicted molar refractivity (Wildman–Crippen MR) is 75.9 cm³/mol. The molecule has 0 spiro atoms. The second kappa shape index (κ2) is 9.76. The van der Waals surface area contributed by atoms with Crippen LogP contribution in [-0.4, -0.2) is 39.5 Å². The Kier molecular flexibility index (Phi) is 8.64. The van der Waals surface area contributed by atoms with E-state index in [0.29, 0.717) is 12.6 Å². The van der Waals surface area contributed by atoms with E-state index in [9.17, 15) is 0 Å². The highest BCUT2D eigenvalue weighted by Gasteiger charge is 2.25. The molecule has 1 saturated carbocycles. The first-order valence-electron chi connectivity index (χ1n) is 7.58. The van der Waals surface area contributed by atoms with Gasteiger partial charge in [0.1, 0.15) is 0 Å². The molecule has 0 bridgehead atoms. The van der Waals surface area contributed by atoms with E-state index in [0.717, 1.165) is 38.0 Å². The largest absolute Gasteiger partial charge is 0.382 e. The summed E-state index contributed by atoms with van der Waals surface area (Å²) < 4.78 is 10.6. The Balaban J connectivity index is 2.21. The van der Waals surface area contributed by atoms with Gasteiger partial charge in [0, 0.05) is 19.8 Å². The van der Waals surface area contributed by atoms with Crippen LogP contribution in [0.5, 0.6) is 0 Å². The molecule has 0 saturated heterocycles. The van der Waals surface area contributed by atoms with Crippen molar-refractivity contribution in [3.63, 3.8) is 0 Å². The molecule has 1 aliphatic carbocycles. The van der Waals surface area contributed by atoms with Gasteiger partial charge in [-0.2, -0.15) is 0 Å². The number of nitrogens with one attached hydrogen (secondary N) is 1. The van der Waals surface area contributed by atoms with Gasteiger partial charge in [-0.15, -0.1) is 0 Å². The van der Waals surface area contributed by atoms with Crippen LogP contribution in [0.15, 0.2) is 0 Å². The topological polar surface area (TPSA) is 30.5 Å². The lowest BCUT2D eigenvalue weighted by atomic mass is 9.78. The summed E-state index contributed by atoms with van der Waals surface area (Å²) in [7, 11) is 1.72. The molecule has 0 amide bonds. The van der Waals surface area contributed by atoms with E-state index in [-0.39, 0.29) is 0 Å². The molecule has 1 N–H and O–H groups in total. The highest BCUT2D eigenvalue weighted by atomic mass is 16.5. The molecular formula is C15H31NO2. The first kappa shape index (κ1) is 15.9. The van der Waals surface area contributed by atoms with E-state index < -0.39 is 0 Å². The SMILES string of the molecule is CCNC(CCOCCOC)C1CCC(C)CC1. The van der Waals surface area contributed by atoms with Crippen molar-refractivity contribution in [1.82, 2.24) is 5.32 Å². The molecular weight excluding hydrogens is 226 g/mol. The summed E-state index contributed by atoms with van der Waals surface area (Å²) in [5.74, 6) is 1.79. The minimum Gasteiger partial charge on any atom is -0.382 e. The van der Waals surface area contributed by atoms with Crippen molar-refractivity contribution in [1.29, 1.82) is 0 Å². The zero-order valence-electron chi connectivity index (χ0n) is 12.4. The number of methoxy groups -OCH3 is 1. The normalized spacial score (nSPS) is 26.2. The third-order valence-corrected chi connectivity index (χ3v) is 4.10. The van der Waals surface area contributed by atoms with Gasteiger partial charge in [-0.25, -0.2) is 0 Å². The van der Waals surface area contributed by atoms with Gasteiger partial charge in [-0.1, -0.05) is 26.7 Å². The van der Waals surface area contributed by atoms with Crippen LogP contribution in [0.2, 0.25) is 0 Å². The molecule has 0 radical (unpaired) electrons. The first-order valence-corrected chi connectivity index (χ1v) is 7.58. The van der Waals surface area contributed by atoms with Crippen molar-refractivity contribution in [2.45, 2.75) is 52.0 Å². The zero-order valence-corrected chi connectivity index (χ0v) is 12.4. The molecule has 0 aromatic heterocycles. The van der Waals surface area contributed by atoms with E-state index in [1.165, 1.54) is 25.7 Å². The van der Waals surface area contributed by atoms with Crippen molar-refractivity contribution < 1.29 is 9.47 Å². The minimum absolute atomic E-state index is 0.644. The molecule has 1 rings (SSSR count). The van der Waals surface area contributed by atoms with Crippen molar-refractivity contribution in [3.05, 3.63) is 0 Å². The van der Waals surface area contributed by atoms with E-state index in [4.69, 9.17) is 9.47 Å². The molecule has 108 valence electrons. The summed E-state index contributed by atoms with van der Waals surface area (Å²) >= 11 is 0. The summed E-state index contributed by atoms with van der Waals surface area (Å²) in [6, 6.07) is 0.644. The Morgan fingerprint density at radius 3 is 2.44 bits per heavy atom. The number of rotatable bonds is 9. The summed E-state index contributed by atoms with van der Waals surface area (Å²) in [5.41, 5.74) is 0. The number of ether oxygens (including phenoxy) is 2. The van der Waals surface area contributed by atoms with E-state index in [1.807, 2.05) is 0 Å². The second-order valence-electron chi connectivity index (χ2n) is 5.58. The Labute approximate surface area is 113 Å². The highest BCUT2D eigenvalue weighted by Crippen LogP contribution is 2.31. The second-order valence-corrected chi connectivity index (χ2v) is 5.58. The molecule has 0 aromatic carbocycles. The smallest absolute Gasteiger partial charge is 0.0700 e. The lowest BCUT2D eigenvalue weighted by Gasteiger charge is -2.33. The molecule has 3 nitrogen and oxygen atoms in total. The van der Waals surface area contributed by atoms with Crippen molar-refractivity contribution in [2.75, 3.05) is 33.5 Å². The lowest BCUT2D eigenvalue weighted by molar-refractivity contribution is 0.0608. The van der Waals surface area contributed by atoms with E-state index in [1.54, 1.807) is 7.11 Å². The van der Waals surface area contributed by atoms with Crippen LogP contribution in [0.3, 0.4) is 0 Å². The standard InChI is InChI=1S/C15H31NO2/c1-4-16-15(9-10-18-12-11-17-3)14-7-5-13(2)6-8-14/h13-16H,4-12H2,1-3H3. The van der Waals surface area contributed by atoms with Gasteiger partial charge in [-0.3, -0.25) is 0 Å². The third kappa shape index (κ3) is 6.17. The van der Waals surface area contributed by atoms with Crippen LogP contribution < -0.4 is 5.32 Å². The van der Waals surface area contributed by atoms with Gasteiger partial charge in [0.2, 0.25) is 0 Å². The summed E-state index contributed by atoms with van der Waals surface area (Å²) in [6.07, 6.45) is 6.71. The fourth-order valence-electron chi connectivity index (χ4n) is 2.91. The van der Waals surface area contributed by atoms with E-state index >= 15 is 0 Å². The Bertz CT molecular complexity index is 191. The van der Waals surface area contributed by atoms with Gasteiger partial charge in [0.05, 0.1) is 13.2 Å². The molecule has 0 aromatic rings. The number of hydrogen-bond acceptors (Lipinski definition) is 3. The molecule has 0 aliphatic heterocycles. The van der Waals surface area contributed by atoms with Crippen molar-refractivity contribution in [2.24, 2.45) is 11.8 Å². The summed E-state index contributed by atoms with van der Waals surface area (Å²) in [5, 5.41) is 3.65. The van der Waals surface area contributed by atoms with Crippen molar-refractivity contribution in [3.8, 4) is 0 Å². The highest BCUT2D eigenvalue weighted by molar-refractivity contribution is 4.80. The van der Waals surface area contributed by atoms with Crippen LogP contribution in [0.1, 0.15) is 46.0 Å². The Morgan fingerprint density at radius 2 is 1.83 bits per heavy atom. The monoisotopic (exact) mass is 257 g/mol. The third-order valence-electron chi connectivity index (χ3n) is 4.10. The van der Waals surface area contributed by atoms with Crippen LogP contribution in [0.4, 0.5) is 0 Å². The van der Waals surface area contributed by atoms with Gasteiger partial charge < -0.3 is 14.8 Å². The average Bonchev–Trinajstić information content (AvgIpc) is 2.38. The molecule has 1 fully saturated rings. The van der Waals surface area contributed by atoms with Gasteiger partial charge in [0.15, 0.2) is 0 Å². The quantitative estimate of drug-likeness (QED) is 0.644. The zero-order chi connectivity index (χ0) is 13.2. The maximum atomic E-state index is 5.60. The van der Waals surface area contributed by atoms with Gasteiger partial charge >= 0.3 is 0 Å². The predicted octanol–water partition coefficient (Wildman–Crippen LogP) is 2.84.